The fraction of sp³-hybridized carbons (Fsp3) is 0.286. The number of rotatable bonds is 4. The summed E-state index contributed by atoms with van der Waals surface area (Å²) in [6.45, 7) is 1.91. The molecule has 1 aliphatic rings. The van der Waals surface area contributed by atoms with Crippen LogP contribution in [0.2, 0.25) is 0 Å². The summed E-state index contributed by atoms with van der Waals surface area (Å²) in [7, 11) is 3.11. The molecule has 1 aliphatic heterocycles. The number of piperazine rings is 1. The van der Waals surface area contributed by atoms with E-state index in [9.17, 15) is 9.18 Å². The zero-order valence-corrected chi connectivity index (χ0v) is 19.0. The van der Waals surface area contributed by atoms with E-state index < -0.39 is 5.82 Å². The summed E-state index contributed by atoms with van der Waals surface area (Å²) in [5, 5.41) is 3.28. The first kappa shape index (κ1) is 25.7. The third-order valence-electron chi connectivity index (χ3n) is 5.18. The lowest BCUT2D eigenvalue weighted by atomic mass is 10.2. The smallest absolute Gasteiger partial charge is 0.322 e. The molecule has 2 amide bonds. The highest BCUT2D eigenvalue weighted by atomic mass is 35.5. The Morgan fingerprint density at radius 2 is 1.70 bits per heavy atom. The maximum atomic E-state index is 13.8. The van der Waals surface area contributed by atoms with Crippen molar-refractivity contribution in [3.8, 4) is 11.5 Å². The van der Waals surface area contributed by atoms with E-state index >= 15 is 0 Å². The van der Waals surface area contributed by atoms with Gasteiger partial charge in [0.25, 0.3) is 0 Å². The van der Waals surface area contributed by atoms with Gasteiger partial charge in [-0.25, -0.2) is 14.2 Å². The lowest BCUT2D eigenvalue weighted by Crippen LogP contribution is -2.50. The number of nitrogens with zero attached hydrogens (tertiary/aromatic N) is 4. The monoisotopic (exact) mass is 480 g/mol. The number of benzene rings is 2. The van der Waals surface area contributed by atoms with E-state index in [1.54, 1.807) is 43.4 Å². The molecule has 1 fully saturated rings. The van der Waals surface area contributed by atoms with Gasteiger partial charge in [-0.05, 0) is 18.2 Å². The summed E-state index contributed by atoms with van der Waals surface area (Å²) < 4.78 is 24.4. The summed E-state index contributed by atoms with van der Waals surface area (Å²) in [6, 6.07) is 9.23. The quantitative estimate of drug-likeness (QED) is 0.584. The molecule has 0 radical (unpaired) electrons. The number of halogens is 2. The molecule has 10 nitrogen and oxygen atoms in total. The highest BCUT2D eigenvalue weighted by molar-refractivity contribution is 5.92. The van der Waals surface area contributed by atoms with Crippen molar-refractivity contribution in [2.75, 3.05) is 56.3 Å². The second kappa shape index (κ2) is 10.8. The largest absolute Gasteiger partial charge is 0.493 e. The highest BCUT2D eigenvalue weighted by Crippen LogP contribution is 2.34. The summed E-state index contributed by atoms with van der Waals surface area (Å²) in [5.41, 5.74) is 6.97. The molecule has 33 heavy (non-hydrogen) atoms. The fourth-order valence-electron chi connectivity index (χ4n) is 3.47. The molecule has 0 saturated carbocycles. The fourth-order valence-corrected chi connectivity index (χ4v) is 3.47. The molecular weight excluding hydrogens is 455 g/mol. The number of carbonyl (C=O) groups excluding carboxylic acids is 1. The van der Waals surface area contributed by atoms with Crippen LogP contribution < -0.4 is 25.4 Å². The average molecular weight is 481 g/mol. The molecular formula is C21H26ClFN6O4. The molecule has 178 valence electrons. The van der Waals surface area contributed by atoms with Crippen LogP contribution >= 0.6 is 12.4 Å². The van der Waals surface area contributed by atoms with Crippen molar-refractivity contribution in [2.45, 2.75) is 0 Å². The van der Waals surface area contributed by atoms with Crippen molar-refractivity contribution in [1.82, 2.24) is 14.9 Å². The van der Waals surface area contributed by atoms with Gasteiger partial charge in [-0.3, -0.25) is 0 Å². The number of nitrogen functional groups attached to an aromatic ring is 1. The summed E-state index contributed by atoms with van der Waals surface area (Å²) in [5.74, 6) is 1.44. The first-order chi connectivity index (χ1) is 15.0. The van der Waals surface area contributed by atoms with Crippen molar-refractivity contribution in [3.63, 3.8) is 0 Å². The number of amides is 2. The van der Waals surface area contributed by atoms with E-state index in [0.29, 0.717) is 60.3 Å². The van der Waals surface area contributed by atoms with Gasteiger partial charge < -0.3 is 35.8 Å². The number of hydrogen-bond donors (Lipinski definition) is 2. The van der Waals surface area contributed by atoms with Crippen LogP contribution in [0.15, 0.2) is 36.4 Å². The zero-order valence-electron chi connectivity index (χ0n) is 18.2. The minimum atomic E-state index is -0.471. The summed E-state index contributed by atoms with van der Waals surface area (Å²) >= 11 is 0. The number of carbonyl (C=O) groups is 1. The molecule has 5 N–H and O–H groups in total. The van der Waals surface area contributed by atoms with Gasteiger partial charge in [0.2, 0.25) is 5.95 Å². The Morgan fingerprint density at radius 1 is 1.06 bits per heavy atom. The molecule has 0 unspecified atom stereocenters. The minimum Gasteiger partial charge on any atom is -0.493 e. The molecule has 1 saturated heterocycles. The Kier molecular flexibility index (Phi) is 8.44. The number of urea groups is 1. The molecule has 0 atom stereocenters. The van der Waals surface area contributed by atoms with Gasteiger partial charge in [-0.2, -0.15) is 4.98 Å². The van der Waals surface area contributed by atoms with E-state index in [-0.39, 0.29) is 29.6 Å². The van der Waals surface area contributed by atoms with Crippen LogP contribution in [0.5, 0.6) is 11.5 Å². The maximum absolute atomic E-state index is 13.8. The summed E-state index contributed by atoms with van der Waals surface area (Å²) in [6.07, 6.45) is 0. The Morgan fingerprint density at radius 3 is 2.33 bits per heavy atom. The first-order valence-corrected chi connectivity index (χ1v) is 9.75. The number of aromatic nitrogens is 2. The maximum Gasteiger partial charge on any atom is 0.322 e. The number of methoxy groups -OCH3 is 2. The van der Waals surface area contributed by atoms with Crippen LogP contribution in [0, 0.1) is 5.82 Å². The molecule has 4 rings (SSSR count). The van der Waals surface area contributed by atoms with Crippen molar-refractivity contribution in [3.05, 3.63) is 42.2 Å². The van der Waals surface area contributed by atoms with Gasteiger partial charge in [0.15, 0.2) is 11.5 Å². The van der Waals surface area contributed by atoms with Crippen molar-refractivity contribution < 1.29 is 24.1 Å². The topological polar surface area (TPSA) is 137 Å². The average Bonchev–Trinajstić information content (AvgIpc) is 2.79. The third kappa shape index (κ3) is 5.26. The van der Waals surface area contributed by atoms with Gasteiger partial charge in [0.1, 0.15) is 11.6 Å². The number of nitrogens with one attached hydrogen (secondary N) is 1. The van der Waals surface area contributed by atoms with Crippen LogP contribution in [0.4, 0.5) is 26.6 Å². The number of hydrogen-bond acceptors (Lipinski definition) is 7. The van der Waals surface area contributed by atoms with E-state index in [4.69, 9.17) is 15.2 Å². The predicted molar refractivity (Wildman–Crippen MR) is 127 cm³/mol. The van der Waals surface area contributed by atoms with Gasteiger partial charge in [0.05, 0.1) is 25.4 Å². The first-order valence-electron chi connectivity index (χ1n) is 9.75. The lowest BCUT2D eigenvalue weighted by molar-refractivity contribution is 0.208. The standard InChI is InChI=1S/C21H23FN6O3.ClH.H2O/c1-30-17-11-13-16(12-18(17)31-2)24-20(26-19(13)23)27-7-9-28(10-8-27)21(29)25-15-6-4-3-5-14(15)22;;/h3-6,11-12H,7-10H2,1-2H3,(H,25,29)(H2,23,24,26);1H;1H2. The molecule has 0 bridgehead atoms. The van der Waals surface area contributed by atoms with Gasteiger partial charge in [-0.15, -0.1) is 12.4 Å². The summed E-state index contributed by atoms with van der Waals surface area (Å²) in [4.78, 5) is 25.1. The Hall–Kier alpha value is -3.57. The normalized spacial score (nSPS) is 13.1. The van der Waals surface area contributed by atoms with Crippen LogP contribution in [0.1, 0.15) is 0 Å². The van der Waals surface area contributed by atoms with E-state index in [0.717, 1.165) is 0 Å². The van der Waals surface area contributed by atoms with Gasteiger partial charge in [-0.1, -0.05) is 12.1 Å². The molecule has 2 heterocycles. The van der Waals surface area contributed by atoms with Crippen molar-refractivity contribution in [1.29, 1.82) is 0 Å². The Balaban J connectivity index is 0.00000193. The minimum absolute atomic E-state index is 0. The second-order valence-corrected chi connectivity index (χ2v) is 7.02. The van der Waals surface area contributed by atoms with E-state index in [2.05, 4.69) is 15.3 Å². The zero-order chi connectivity index (χ0) is 22.0. The van der Waals surface area contributed by atoms with Crippen LogP contribution in [-0.2, 0) is 0 Å². The molecule has 12 heteroatoms. The van der Waals surface area contributed by atoms with Gasteiger partial charge in [0, 0.05) is 37.6 Å². The van der Waals surface area contributed by atoms with Gasteiger partial charge >= 0.3 is 6.03 Å². The highest BCUT2D eigenvalue weighted by Gasteiger charge is 2.24. The lowest BCUT2D eigenvalue weighted by Gasteiger charge is -2.34. The van der Waals surface area contributed by atoms with Crippen LogP contribution in [-0.4, -0.2) is 66.8 Å². The number of ether oxygens (including phenoxy) is 2. The predicted octanol–water partition coefficient (Wildman–Crippen LogP) is 2.32. The Bertz CT molecular complexity index is 1130. The Labute approximate surface area is 196 Å². The van der Waals surface area contributed by atoms with E-state index in [1.165, 1.54) is 12.1 Å². The number of nitrogens with two attached hydrogens (primary N) is 1. The van der Waals surface area contributed by atoms with E-state index in [1.807, 2.05) is 4.90 Å². The third-order valence-corrected chi connectivity index (χ3v) is 5.18. The second-order valence-electron chi connectivity index (χ2n) is 7.02. The molecule has 1 aromatic heterocycles. The van der Waals surface area contributed by atoms with Crippen LogP contribution in [0.3, 0.4) is 0 Å². The van der Waals surface area contributed by atoms with Crippen molar-refractivity contribution in [2.24, 2.45) is 0 Å². The number of anilines is 3. The molecule has 3 aromatic rings. The van der Waals surface area contributed by atoms with Crippen molar-refractivity contribution >= 4 is 46.8 Å². The number of fused-ring (bicyclic) bond motifs is 1. The molecule has 0 aliphatic carbocycles. The number of para-hydroxylation sites is 1. The molecule has 0 spiro atoms. The van der Waals surface area contributed by atoms with Crippen LogP contribution in [0.25, 0.3) is 10.9 Å². The molecule has 2 aromatic carbocycles. The SMILES string of the molecule is COc1cc2nc(N3CCN(C(=O)Nc4ccccc4F)CC3)nc(N)c2cc1OC.Cl.O.